The average Bonchev–Trinajstić information content (AvgIpc) is 2.83. The zero-order valence-corrected chi connectivity index (χ0v) is 9.55. The van der Waals surface area contributed by atoms with Gasteiger partial charge in [-0.3, -0.25) is 0 Å². The van der Waals surface area contributed by atoms with E-state index in [1.165, 1.54) is 10.9 Å². The van der Waals surface area contributed by atoms with Crippen molar-refractivity contribution in [3.63, 3.8) is 0 Å². The van der Waals surface area contributed by atoms with Gasteiger partial charge >= 0.3 is 0 Å². The molecule has 0 aliphatic rings. The number of hydrogen-bond donors (Lipinski definition) is 1. The number of hydrogen-bond acceptors (Lipinski definition) is 3. The van der Waals surface area contributed by atoms with Crippen molar-refractivity contribution in [3.8, 4) is 5.82 Å². The molecule has 0 aliphatic carbocycles. The molecule has 0 atom stereocenters. The van der Waals surface area contributed by atoms with Crippen molar-refractivity contribution in [1.82, 2.24) is 14.8 Å². The Morgan fingerprint density at radius 3 is 2.89 bits per heavy atom. The minimum Gasteiger partial charge on any atom is -0.326 e. The first kappa shape index (κ1) is 10.9. The molecule has 0 bridgehead atoms. The molecule has 3 aromatic rings. The number of pyridine rings is 1. The lowest BCUT2D eigenvalue weighted by Gasteiger charge is -2.06. The second-order valence-electron chi connectivity index (χ2n) is 3.93. The Morgan fingerprint density at radius 1 is 1.22 bits per heavy atom. The highest BCUT2D eigenvalue weighted by atomic mass is 19.1. The third-order valence-corrected chi connectivity index (χ3v) is 2.85. The van der Waals surface area contributed by atoms with Crippen molar-refractivity contribution in [1.29, 1.82) is 0 Å². The average molecular weight is 242 g/mol. The smallest absolute Gasteiger partial charge is 0.190 e. The van der Waals surface area contributed by atoms with Crippen LogP contribution in [0.1, 0.15) is 5.56 Å². The maximum Gasteiger partial charge on any atom is 0.190 e. The van der Waals surface area contributed by atoms with E-state index in [4.69, 9.17) is 5.73 Å². The van der Waals surface area contributed by atoms with Gasteiger partial charge in [0.15, 0.2) is 11.6 Å². The van der Waals surface area contributed by atoms with Crippen molar-refractivity contribution in [2.45, 2.75) is 6.54 Å². The lowest BCUT2D eigenvalue weighted by atomic mass is 10.2. The van der Waals surface area contributed by atoms with E-state index in [0.29, 0.717) is 5.56 Å². The molecule has 2 aromatic heterocycles. The first-order valence-corrected chi connectivity index (χ1v) is 5.58. The third-order valence-electron chi connectivity index (χ3n) is 2.85. The number of nitrogens with zero attached hydrogens (tertiary/aromatic N) is 3. The number of aromatic nitrogens is 3. The van der Waals surface area contributed by atoms with Gasteiger partial charge in [0, 0.05) is 23.7 Å². The van der Waals surface area contributed by atoms with Crippen LogP contribution < -0.4 is 5.73 Å². The lowest BCUT2D eigenvalue weighted by molar-refractivity contribution is 0.587. The normalized spacial score (nSPS) is 11.0. The van der Waals surface area contributed by atoms with Crippen LogP contribution in [0.4, 0.5) is 4.39 Å². The molecule has 0 aliphatic heterocycles. The lowest BCUT2D eigenvalue weighted by Crippen LogP contribution is -2.08. The van der Waals surface area contributed by atoms with Crippen LogP contribution in [0.15, 0.2) is 42.7 Å². The Hall–Kier alpha value is -2.27. The summed E-state index contributed by atoms with van der Waals surface area (Å²) in [5, 5.41) is 5.12. The van der Waals surface area contributed by atoms with Gasteiger partial charge < -0.3 is 5.73 Å². The molecule has 0 radical (unpaired) electrons. The molecule has 0 saturated heterocycles. The van der Waals surface area contributed by atoms with Crippen molar-refractivity contribution in [2.75, 3.05) is 0 Å². The highest BCUT2D eigenvalue weighted by molar-refractivity contribution is 5.79. The monoisotopic (exact) mass is 242 g/mol. The topological polar surface area (TPSA) is 56.7 Å². The van der Waals surface area contributed by atoms with E-state index < -0.39 is 5.82 Å². The van der Waals surface area contributed by atoms with Crippen LogP contribution in [-0.4, -0.2) is 14.8 Å². The van der Waals surface area contributed by atoms with E-state index in [0.717, 1.165) is 10.9 Å². The minimum absolute atomic E-state index is 0.139. The van der Waals surface area contributed by atoms with E-state index in [9.17, 15) is 4.39 Å². The fourth-order valence-electron chi connectivity index (χ4n) is 1.92. The summed E-state index contributed by atoms with van der Waals surface area (Å²) in [6, 6.07) is 9.16. The van der Waals surface area contributed by atoms with Gasteiger partial charge in [0.1, 0.15) is 0 Å². The second kappa shape index (κ2) is 4.19. The molecular formula is C13H11FN4. The van der Waals surface area contributed by atoms with Gasteiger partial charge in [-0.25, -0.2) is 14.1 Å². The molecular weight excluding hydrogens is 231 g/mol. The van der Waals surface area contributed by atoms with E-state index in [1.54, 1.807) is 12.3 Å². The first-order valence-electron chi connectivity index (χ1n) is 5.58. The Bertz CT molecular complexity index is 705. The quantitative estimate of drug-likeness (QED) is 0.748. The summed E-state index contributed by atoms with van der Waals surface area (Å²) in [7, 11) is 0. The standard InChI is InChI=1S/C13H11FN4/c14-12-9(7-15)5-6-16-13(12)18-11-4-2-1-3-10(11)8-17-18/h1-6,8H,7,15H2. The molecule has 3 rings (SSSR count). The number of benzene rings is 1. The molecule has 1 aromatic carbocycles. The molecule has 2 heterocycles. The Labute approximate surface area is 103 Å². The van der Waals surface area contributed by atoms with E-state index in [-0.39, 0.29) is 12.4 Å². The van der Waals surface area contributed by atoms with Gasteiger partial charge in [0.2, 0.25) is 0 Å². The van der Waals surface area contributed by atoms with Crippen LogP contribution in [0.5, 0.6) is 0 Å². The number of para-hydroxylation sites is 1. The highest BCUT2D eigenvalue weighted by Crippen LogP contribution is 2.19. The van der Waals surface area contributed by atoms with Crippen LogP contribution >= 0.6 is 0 Å². The van der Waals surface area contributed by atoms with Crippen LogP contribution in [0.3, 0.4) is 0 Å². The number of halogens is 1. The summed E-state index contributed by atoms with van der Waals surface area (Å²) in [5.41, 5.74) is 6.74. The van der Waals surface area contributed by atoms with Gasteiger partial charge in [-0.2, -0.15) is 5.10 Å². The summed E-state index contributed by atoms with van der Waals surface area (Å²) in [6.45, 7) is 0.139. The Kier molecular flexibility index (Phi) is 2.53. The van der Waals surface area contributed by atoms with Crippen molar-refractivity contribution >= 4 is 10.9 Å². The van der Waals surface area contributed by atoms with E-state index >= 15 is 0 Å². The maximum absolute atomic E-state index is 14.2. The van der Waals surface area contributed by atoms with Gasteiger partial charge in [0.25, 0.3) is 0 Å². The molecule has 0 fully saturated rings. The molecule has 5 heteroatoms. The predicted molar refractivity (Wildman–Crippen MR) is 66.7 cm³/mol. The largest absolute Gasteiger partial charge is 0.326 e. The third kappa shape index (κ3) is 1.56. The summed E-state index contributed by atoms with van der Waals surface area (Å²) >= 11 is 0. The van der Waals surface area contributed by atoms with Crippen molar-refractivity contribution < 1.29 is 4.39 Å². The van der Waals surface area contributed by atoms with E-state index in [1.807, 2.05) is 24.3 Å². The van der Waals surface area contributed by atoms with Gasteiger partial charge in [0.05, 0.1) is 11.7 Å². The highest BCUT2D eigenvalue weighted by Gasteiger charge is 2.13. The first-order chi connectivity index (χ1) is 8.81. The van der Waals surface area contributed by atoms with Crippen LogP contribution in [0.25, 0.3) is 16.7 Å². The fourth-order valence-corrected chi connectivity index (χ4v) is 1.92. The van der Waals surface area contributed by atoms with Gasteiger partial charge in [-0.1, -0.05) is 18.2 Å². The Morgan fingerprint density at radius 2 is 2.06 bits per heavy atom. The fraction of sp³-hybridized carbons (Fsp3) is 0.0769. The molecule has 0 spiro atoms. The maximum atomic E-state index is 14.2. The molecule has 0 amide bonds. The molecule has 2 N–H and O–H groups in total. The summed E-state index contributed by atoms with van der Waals surface area (Å²) in [5.74, 6) is -0.243. The minimum atomic E-state index is -0.422. The zero-order chi connectivity index (χ0) is 12.5. The summed E-state index contributed by atoms with van der Waals surface area (Å²) < 4.78 is 15.7. The molecule has 90 valence electrons. The Balaban J connectivity index is 2.26. The van der Waals surface area contributed by atoms with Crippen molar-refractivity contribution in [3.05, 3.63) is 54.1 Å². The van der Waals surface area contributed by atoms with Crippen LogP contribution in [0, 0.1) is 5.82 Å². The molecule has 0 unspecified atom stereocenters. The number of nitrogens with two attached hydrogens (primary N) is 1. The van der Waals surface area contributed by atoms with Crippen LogP contribution in [0.2, 0.25) is 0 Å². The SMILES string of the molecule is NCc1ccnc(-n2ncc3ccccc32)c1F. The van der Waals surface area contributed by atoms with E-state index in [2.05, 4.69) is 10.1 Å². The van der Waals surface area contributed by atoms with Gasteiger partial charge in [-0.05, 0) is 12.1 Å². The second-order valence-corrected chi connectivity index (χ2v) is 3.93. The molecule has 18 heavy (non-hydrogen) atoms. The summed E-state index contributed by atoms with van der Waals surface area (Å²) in [4.78, 5) is 4.05. The molecule has 0 saturated carbocycles. The number of rotatable bonds is 2. The van der Waals surface area contributed by atoms with Gasteiger partial charge in [-0.15, -0.1) is 0 Å². The number of fused-ring (bicyclic) bond motifs is 1. The zero-order valence-electron chi connectivity index (χ0n) is 9.55. The van der Waals surface area contributed by atoms with Crippen molar-refractivity contribution in [2.24, 2.45) is 5.73 Å². The predicted octanol–water partition coefficient (Wildman–Crippen LogP) is 2.02. The molecule has 4 nitrogen and oxygen atoms in total. The summed E-state index contributed by atoms with van der Waals surface area (Å²) in [6.07, 6.45) is 3.22. The van der Waals surface area contributed by atoms with Crippen LogP contribution in [-0.2, 0) is 6.54 Å².